The van der Waals surface area contributed by atoms with Crippen molar-refractivity contribution in [2.24, 2.45) is 0 Å². The Balaban J connectivity index is 1.62. The molecule has 2 aliphatic heterocycles. The van der Waals surface area contributed by atoms with Crippen molar-refractivity contribution in [1.82, 2.24) is 14.8 Å². The fourth-order valence-electron chi connectivity index (χ4n) is 4.82. The number of benzene rings is 1. The van der Waals surface area contributed by atoms with Crippen molar-refractivity contribution < 1.29 is 19.1 Å². The molecule has 2 amide bonds. The molecule has 0 aliphatic carbocycles. The summed E-state index contributed by atoms with van der Waals surface area (Å²) in [4.78, 5) is 34.2. The molecule has 2 unspecified atom stereocenters. The molecule has 3 heterocycles. The number of carbonyl (C=O) groups excluding carboxylic acids is 2. The normalized spacial score (nSPS) is 19.8. The Kier molecular flexibility index (Phi) is 6.32. The molecule has 0 radical (unpaired) electrons. The lowest BCUT2D eigenvalue weighted by atomic mass is 9.81. The van der Waals surface area contributed by atoms with Gasteiger partial charge in [0.25, 0.3) is 5.91 Å². The van der Waals surface area contributed by atoms with Gasteiger partial charge in [-0.15, -0.1) is 0 Å². The minimum Gasteiger partial charge on any atom is -0.490 e. The fourth-order valence-corrected chi connectivity index (χ4v) is 4.82. The number of aromatic nitrogens is 1. The maximum absolute atomic E-state index is 13.7. The summed E-state index contributed by atoms with van der Waals surface area (Å²) in [5.74, 6) is 0.727. The summed E-state index contributed by atoms with van der Waals surface area (Å²) in [6, 6.07) is 7.81. The van der Waals surface area contributed by atoms with Gasteiger partial charge in [0.1, 0.15) is 18.0 Å². The van der Waals surface area contributed by atoms with E-state index in [-0.39, 0.29) is 24.0 Å². The largest absolute Gasteiger partial charge is 0.490 e. The number of rotatable bonds is 5. The van der Waals surface area contributed by atoms with Crippen molar-refractivity contribution in [2.45, 2.75) is 58.6 Å². The number of pyridine rings is 1. The molecule has 1 aromatic heterocycles. The Morgan fingerprint density at radius 2 is 2.03 bits per heavy atom. The number of fused-ring (bicyclic) bond motifs is 3. The number of amides is 2. The summed E-state index contributed by atoms with van der Waals surface area (Å²) in [6.07, 6.45) is 3.92. The Hall–Kier alpha value is -3.09. The van der Waals surface area contributed by atoms with Gasteiger partial charge in [-0.2, -0.15) is 0 Å². The third-order valence-corrected chi connectivity index (χ3v) is 6.28. The molecule has 2 aliphatic rings. The van der Waals surface area contributed by atoms with Crippen LogP contribution in [0.2, 0.25) is 0 Å². The molecule has 1 fully saturated rings. The molecule has 1 aromatic carbocycles. The summed E-state index contributed by atoms with van der Waals surface area (Å²) < 4.78 is 11.5. The Morgan fingerprint density at radius 3 is 2.70 bits per heavy atom. The van der Waals surface area contributed by atoms with Crippen LogP contribution in [0.15, 0.2) is 36.7 Å². The second-order valence-corrected chi connectivity index (χ2v) is 9.83. The molecule has 0 N–H and O–H groups in total. The average molecular weight is 452 g/mol. The van der Waals surface area contributed by atoms with E-state index in [0.717, 1.165) is 23.1 Å². The number of aryl methyl sites for hydroxylation is 2. The van der Waals surface area contributed by atoms with Crippen LogP contribution in [0.4, 0.5) is 4.79 Å². The molecule has 7 nitrogen and oxygen atoms in total. The molecule has 4 rings (SSSR count). The van der Waals surface area contributed by atoms with Crippen molar-refractivity contribution in [2.75, 3.05) is 26.2 Å². The second-order valence-electron chi connectivity index (χ2n) is 9.83. The second kappa shape index (κ2) is 9.04. The van der Waals surface area contributed by atoms with Gasteiger partial charge in [0.2, 0.25) is 0 Å². The van der Waals surface area contributed by atoms with Gasteiger partial charge in [-0.05, 0) is 62.9 Å². The Bertz CT molecular complexity index is 1030. The summed E-state index contributed by atoms with van der Waals surface area (Å²) in [7, 11) is 0. The predicted molar refractivity (Wildman–Crippen MR) is 126 cm³/mol. The van der Waals surface area contributed by atoms with Gasteiger partial charge in [-0.25, -0.2) is 4.79 Å². The maximum Gasteiger partial charge on any atom is 0.410 e. The van der Waals surface area contributed by atoms with Gasteiger partial charge in [0.15, 0.2) is 0 Å². The van der Waals surface area contributed by atoms with Crippen molar-refractivity contribution in [3.63, 3.8) is 0 Å². The standard InChI is InChI=1S/C26H33N3O4/c1-6-18-12-17(2)23-20(13-18)21-15-28(25(31)33-26(3,4)5)16-22(21)29(24(23)30)10-11-32-19-8-7-9-27-14-19/h7-9,12-14,21-22H,6,10-11,15-16H2,1-5H3. The summed E-state index contributed by atoms with van der Waals surface area (Å²) in [5, 5.41) is 0. The van der Waals surface area contributed by atoms with E-state index in [0.29, 0.717) is 32.0 Å². The Morgan fingerprint density at radius 1 is 1.24 bits per heavy atom. The van der Waals surface area contributed by atoms with E-state index in [2.05, 4.69) is 24.0 Å². The average Bonchev–Trinajstić information content (AvgIpc) is 3.21. The molecule has 1 saturated heterocycles. The van der Waals surface area contributed by atoms with Gasteiger partial charge in [-0.3, -0.25) is 9.78 Å². The van der Waals surface area contributed by atoms with Crippen LogP contribution in [-0.4, -0.2) is 64.7 Å². The zero-order chi connectivity index (χ0) is 23.8. The van der Waals surface area contributed by atoms with E-state index in [4.69, 9.17) is 9.47 Å². The van der Waals surface area contributed by atoms with Gasteiger partial charge >= 0.3 is 6.09 Å². The van der Waals surface area contributed by atoms with Gasteiger partial charge in [-0.1, -0.05) is 19.1 Å². The van der Waals surface area contributed by atoms with Crippen LogP contribution in [-0.2, 0) is 11.2 Å². The van der Waals surface area contributed by atoms with Gasteiger partial charge in [0.05, 0.1) is 18.8 Å². The number of ether oxygens (including phenoxy) is 2. The lowest BCUT2D eigenvalue weighted by molar-refractivity contribution is 0.0273. The summed E-state index contributed by atoms with van der Waals surface area (Å²) in [6.45, 7) is 11.5. The zero-order valence-electron chi connectivity index (χ0n) is 20.1. The van der Waals surface area contributed by atoms with Crippen molar-refractivity contribution in [3.05, 3.63) is 58.9 Å². The molecule has 0 bridgehead atoms. The van der Waals surface area contributed by atoms with Crippen molar-refractivity contribution >= 4 is 12.0 Å². The first-order chi connectivity index (χ1) is 15.7. The van der Waals surface area contributed by atoms with Gasteiger partial charge in [0, 0.05) is 30.8 Å². The van der Waals surface area contributed by atoms with Crippen LogP contribution in [0.1, 0.15) is 60.7 Å². The molecule has 33 heavy (non-hydrogen) atoms. The van der Waals surface area contributed by atoms with Crippen LogP contribution in [0.25, 0.3) is 0 Å². The van der Waals surface area contributed by atoms with E-state index in [1.54, 1.807) is 17.3 Å². The smallest absolute Gasteiger partial charge is 0.410 e. The summed E-state index contributed by atoms with van der Waals surface area (Å²) >= 11 is 0. The highest BCUT2D eigenvalue weighted by molar-refractivity contribution is 5.99. The summed E-state index contributed by atoms with van der Waals surface area (Å²) in [5.41, 5.74) is 3.45. The molecule has 2 atom stereocenters. The first kappa shape index (κ1) is 23.1. The Labute approximate surface area is 195 Å². The minimum absolute atomic E-state index is 0.00669. The molecule has 176 valence electrons. The van der Waals surface area contributed by atoms with Crippen LogP contribution in [0.3, 0.4) is 0 Å². The quantitative estimate of drug-likeness (QED) is 0.682. The number of hydrogen-bond acceptors (Lipinski definition) is 5. The van der Waals surface area contributed by atoms with Crippen LogP contribution in [0.5, 0.6) is 5.75 Å². The SMILES string of the molecule is CCc1cc(C)c2c(c1)C1CN(C(=O)OC(C)(C)C)CC1N(CCOc1cccnc1)C2=O. The highest BCUT2D eigenvalue weighted by Gasteiger charge is 2.47. The molecular formula is C26H33N3O4. The predicted octanol–water partition coefficient (Wildman–Crippen LogP) is 4.19. The zero-order valence-corrected chi connectivity index (χ0v) is 20.1. The third-order valence-electron chi connectivity index (χ3n) is 6.28. The minimum atomic E-state index is -0.568. The van der Waals surface area contributed by atoms with Crippen molar-refractivity contribution in [3.8, 4) is 5.75 Å². The molecule has 0 spiro atoms. The van der Waals surface area contributed by atoms with Gasteiger partial charge < -0.3 is 19.3 Å². The van der Waals surface area contributed by atoms with E-state index < -0.39 is 5.60 Å². The molecular weight excluding hydrogens is 418 g/mol. The fraction of sp³-hybridized carbons (Fsp3) is 0.500. The van der Waals surface area contributed by atoms with E-state index in [9.17, 15) is 9.59 Å². The monoisotopic (exact) mass is 451 g/mol. The lowest BCUT2D eigenvalue weighted by Crippen LogP contribution is -2.50. The maximum atomic E-state index is 13.7. The third kappa shape index (κ3) is 4.82. The van der Waals surface area contributed by atoms with E-state index in [1.165, 1.54) is 5.56 Å². The molecule has 0 saturated carbocycles. The van der Waals surface area contributed by atoms with E-state index in [1.807, 2.05) is 44.7 Å². The lowest BCUT2D eigenvalue weighted by Gasteiger charge is -2.38. The van der Waals surface area contributed by atoms with Crippen LogP contribution < -0.4 is 4.74 Å². The van der Waals surface area contributed by atoms with Crippen LogP contribution in [0, 0.1) is 6.92 Å². The number of carbonyl (C=O) groups is 2. The highest BCUT2D eigenvalue weighted by atomic mass is 16.6. The van der Waals surface area contributed by atoms with E-state index >= 15 is 0 Å². The number of likely N-dealkylation sites (tertiary alicyclic amines) is 1. The van der Waals surface area contributed by atoms with Crippen LogP contribution >= 0.6 is 0 Å². The number of nitrogens with zero attached hydrogens (tertiary/aromatic N) is 3. The molecule has 7 heteroatoms. The number of hydrogen-bond donors (Lipinski definition) is 0. The first-order valence-electron chi connectivity index (χ1n) is 11.6. The molecule has 2 aromatic rings. The topological polar surface area (TPSA) is 72.0 Å². The first-order valence-corrected chi connectivity index (χ1v) is 11.6. The van der Waals surface area contributed by atoms with Crippen molar-refractivity contribution in [1.29, 1.82) is 0 Å². The highest BCUT2D eigenvalue weighted by Crippen LogP contribution is 2.40.